The number of hydrogen-bond donors (Lipinski definition) is 3. The number of phosphoric acid groups is 2. The Morgan fingerprint density at radius 3 is 1.93 bits per heavy atom. The fourth-order valence-corrected chi connectivity index (χ4v) is 4.38. The molecule has 3 N–H and O–H groups in total. The molecule has 0 aromatic heterocycles. The van der Waals surface area contributed by atoms with Crippen molar-refractivity contribution in [2.45, 2.75) is 19.8 Å². The van der Waals surface area contributed by atoms with Crippen LogP contribution in [0.2, 0.25) is 0 Å². The van der Waals surface area contributed by atoms with E-state index in [1.54, 1.807) is 0 Å². The van der Waals surface area contributed by atoms with Gasteiger partial charge in [-0.25, -0.2) is 9.13 Å². The van der Waals surface area contributed by atoms with Gasteiger partial charge in [-0.3, -0.25) is 14.1 Å². The number of rotatable bonds is 9. The van der Waals surface area contributed by atoms with E-state index in [0.717, 1.165) is 45.7 Å². The van der Waals surface area contributed by atoms with Gasteiger partial charge in [0, 0.05) is 45.3 Å². The molecule has 12 nitrogen and oxygen atoms in total. The molecule has 0 saturated carbocycles. The third kappa shape index (κ3) is 6.49. The summed E-state index contributed by atoms with van der Waals surface area (Å²) >= 11 is 0. The molecule has 0 amide bonds. The second-order valence-electron chi connectivity index (χ2n) is 7.11. The highest BCUT2D eigenvalue weighted by atomic mass is 31.3. The Hall–Kier alpha value is -1.52. The molecule has 168 valence electrons. The predicted molar refractivity (Wildman–Crippen MR) is 104 cm³/mol. The van der Waals surface area contributed by atoms with E-state index in [9.17, 15) is 18.7 Å². The van der Waals surface area contributed by atoms with Crippen molar-refractivity contribution >= 4 is 27.2 Å². The van der Waals surface area contributed by atoms with Crippen molar-refractivity contribution in [3.8, 4) is 0 Å². The molecule has 30 heavy (non-hydrogen) atoms. The fraction of sp³-hybridized carbons (Fsp3) is 0.625. The first-order chi connectivity index (χ1) is 14.0. The molecule has 3 heterocycles. The van der Waals surface area contributed by atoms with Crippen LogP contribution in [-0.4, -0.2) is 86.8 Å². The Kier molecular flexibility index (Phi) is 6.88. The molecule has 4 rings (SSSR count). The van der Waals surface area contributed by atoms with Crippen molar-refractivity contribution in [3.05, 3.63) is 23.2 Å². The van der Waals surface area contributed by atoms with Crippen molar-refractivity contribution in [1.29, 1.82) is 0 Å². The average molecular weight is 465 g/mol. The monoisotopic (exact) mass is 465 g/mol. The van der Waals surface area contributed by atoms with E-state index in [4.69, 9.17) is 14.7 Å². The first kappa shape index (κ1) is 23.1. The summed E-state index contributed by atoms with van der Waals surface area (Å²) in [5.74, 6) is 0.0485. The summed E-state index contributed by atoms with van der Waals surface area (Å²) in [5.41, 5.74) is 1.89. The largest absolute Gasteiger partial charge is 0.481 e. The van der Waals surface area contributed by atoms with Gasteiger partial charge < -0.3 is 29.4 Å². The highest BCUT2D eigenvalue weighted by Gasteiger charge is 2.43. The first-order valence-corrected chi connectivity index (χ1v) is 12.6. The second-order valence-corrected chi connectivity index (χ2v) is 9.94. The number of Topliss-reactive ketones (excluding diaryl/α,β-unsaturated/α-hetero) is 1. The molecular weight excluding hydrogens is 440 g/mol. The summed E-state index contributed by atoms with van der Waals surface area (Å²) in [6.07, 6.45) is 2.76. The number of nitrogens with zero attached hydrogens (tertiary/aromatic N) is 3. The molecule has 3 fully saturated rings. The molecule has 0 aromatic carbocycles. The normalized spacial score (nSPS) is 22.4. The molecule has 4 aliphatic rings. The zero-order chi connectivity index (χ0) is 22.1. The third-order valence-corrected chi connectivity index (χ3v) is 6.64. The van der Waals surface area contributed by atoms with Crippen LogP contribution in [0.5, 0.6) is 0 Å². The lowest BCUT2D eigenvalue weighted by molar-refractivity contribution is -0.117. The molecule has 1 atom stereocenters. The van der Waals surface area contributed by atoms with Crippen LogP contribution in [0.3, 0.4) is 0 Å². The molecule has 3 aliphatic heterocycles. The van der Waals surface area contributed by atoms with Gasteiger partial charge in [-0.15, -0.1) is 0 Å². The van der Waals surface area contributed by atoms with E-state index in [-0.39, 0.29) is 18.2 Å². The molecular formula is C16H25N3O9P2. The highest BCUT2D eigenvalue weighted by molar-refractivity contribution is 7.60. The van der Waals surface area contributed by atoms with Crippen LogP contribution in [0.1, 0.15) is 19.8 Å². The summed E-state index contributed by atoms with van der Waals surface area (Å²) in [4.78, 5) is 55.5. The van der Waals surface area contributed by atoms with Crippen LogP contribution < -0.4 is 0 Å². The van der Waals surface area contributed by atoms with Gasteiger partial charge in [0.15, 0.2) is 0 Å². The standard InChI is InChI=1S/C12H13N3O2.C4H12O7P2/c16-9-7-8(13-1-2-13)12(17)11(15-5-6-15)10(9)14-3-4-14;1-2-3-4-10-13(8,9)11-12(5,6)7/h7H,1-6H2;2-4H2,1H3,(H,8,9)(H2,5,6,7). The lowest BCUT2D eigenvalue weighted by Gasteiger charge is -2.21. The third-order valence-electron chi connectivity index (χ3n) is 4.45. The SMILES string of the molecule is CCCCOP(=O)(O)OP(=O)(O)O.O=C1C=C(N2CC2)C(=O)C(N2CC2)=C1N1CC1. The van der Waals surface area contributed by atoms with Crippen LogP contribution in [0.4, 0.5) is 0 Å². The van der Waals surface area contributed by atoms with Crippen molar-refractivity contribution in [3.63, 3.8) is 0 Å². The molecule has 1 aliphatic carbocycles. The van der Waals surface area contributed by atoms with Crippen LogP contribution in [0.15, 0.2) is 23.2 Å². The van der Waals surface area contributed by atoms with Gasteiger partial charge in [0.1, 0.15) is 11.4 Å². The molecule has 0 bridgehead atoms. The molecule has 14 heteroatoms. The van der Waals surface area contributed by atoms with E-state index >= 15 is 0 Å². The van der Waals surface area contributed by atoms with E-state index < -0.39 is 15.6 Å². The van der Waals surface area contributed by atoms with Crippen LogP contribution >= 0.6 is 15.6 Å². The van der Waals surface area contributed by atoms with E-state index in [0.29, 0.717) is 23.5 Å². The van der Waals surface area contributed by atoms with Gasteiger partial charge in [-0.05, 0) is 6.42 Å². The molecule has 1 unspecified atom stereocenters. The average Bonchev–Trinajstić information content (AvgIpc) is 3.44. The minimum Gasteiger partial charge on any atom is -0.365 e. The molecule has 0 aromatic rings. The number of phosphoric ester groups is 1. The maximum atomic E-state index is 12.4. The van der Waals surface area contributed by atoms with E-state index in [2.05, 4.69) is 8.83 Å². The zero-order valence-electron chi connectivity index (χ0n) is 16.5. The van der Waals surface area contributed by atoms with E-state index in [1.165, 1.54) is 6.08 Å². The Morgan fingerprint density at radius 1 is 0.933 bits per heavy atom. The summed E-state index contributed by atoms with van der Waals surface area (Å²) in [6, 6.07) is 0. The highest BCUT2D eigenvalue weighted by Crippen LogP contribution is 2.57. The topological polar surface area (TPSA) is 156 Å². The van der Waals surface area contributed by atoms with Gasteiger partial charge in [-0.2, -0.15) is 4.31 Å². The Bertz CT molecular complexity index is 869. The predicted octanol–water partition coefficient (Wildman–Crippen LogP) is 0.193. The second kappa shape index (κ2) is 8.92. The van der Waals surface area contributed by atoms with Gasteiger partial charge in [0.05, 0.1) is 12.3 Å². The number of hydrogen-bond acceptors (Lipinski definition) is 9. The van der Waals surface area contributed by atoms with Crippen LogP contribution in [0, 0.1) is 0 Å². The minimum atomic E-state index is -4.97. The number of unbranched alkanes of at least 4 members (excludes halogenated alkanes) is 1. The number of allylic oxidation sites excluding steroid dienone is 1. The molecule has 3 saturated heterocycles. The Morgan fingerprint density at radius 2 is 1.47 bits per heavy atom. The minimum absolute atomic E-state index is 0.00546. The summed E-state index contributed by atoms with van der Waals surface area (Å²) in [7, 11) is -9.58. The van der Waals surface area contributed by atoms with Crippen molar-refractivity contribution in [1.82, 2.24) is 14.7 Å². The molecule has 0 radical (unpaired) electrons. The summed E-state index contributed by atoms with van der Waals surface area (Å²) in [5, 5.41) is 0. The zero-order valence-corrected chi connectivity index (χ0v) is 18.3. The first-order valence-electron chi connectivity index (χ1n) is 9.56. The molecule has 0 spiro atoms. The maximum absolute atomic E-state index is 12.4. The maximum Gasteiger partial charge on any atom is 0.481 e. The van der Waals surface area contributed by atoms with Gasteiger partial charge in [0.2, 0.25) is 11.6 Å². The quantitative estimate of drug-likeness (QED) is 0.184. The smallest absolute Gasteiger partial charge is 0.365 e. The summed E-state index contributed by atoms with van der Waals surface area (Å²) < 4.78 is 28.6. The Labute approximate surface area is 173 Å². The van der Waals surface area contributed by atoms with Crippen molar-refractivity contribution in [2.24, 2.45) is 0 Å². The summed E-state index contributed by atoms with van der Waals surface area (Å²) in [6.45, 7) is 7.16. The number of carbonyl (C=O) groups is 2. The van der Waals surface area contributed by atoms with Crippen LogP contribution in [-0.2, 0) is 27.6 Å². The van der Waals surface area contributed by atoms with Gasteiger partial charge in [-0.1, -0.05) is 13.3 Å². The van der Waals surface area contributed by atoms with Crippen LogP contribution in [0.25, 0.3) is 0 Å². The number of ketones is 2. The number of carbonyl (C=O) groups excluding carboxylic acids is 2. The lowest BCUT2D eigenvalue weighted by atomic mass is 10.0. The van der Waals surface area contributed by atoms with Crippen molar-refractivity contribution in [2.75, 3.05) is 45.9 Å². The van der Waals surface area contributed by atoms with Crippen molar-refractivity contribution < 1.29 is 42.2 Å². The Balaban J connectivity index is 0.000000180. The van der Waals surface area contributed by atoms with Gasteiger partial charge >= 0.3 is 15.6 Å². The lowest BCUT2D eigenvalue weighted by Crippen LogP contribution is -2.29. The fourth-order valence-electron chi connectivity index (χ4n) is 2.76. The van der Waals surface area contributed by atoms with E-state index in [1.807, 2.05) is 21.6 Å². The van der Waals surface area contributed by atoms with Gasteiger partial charge in [0.25, 0.3) is 0 Å².